The van der Waals surface area contributed by atoms with Gasteiger partial charge in [0.1, 0.15) is 0 Å². The maximum atomic E-state index is 6.20. The first-order valence-electron chi connectivity index (χ1n) is 7.99. The van der Waals surface area contributed by atoms with Gasteiger partial charge in [-0.05, 0) is 61.9 Å². The van der Waals surface area contributed by atoms with Gasteiger partial charge < -0.3 is 9.47 Å². The lowest BCUT2D eigenvalue weighted by Crippen LogP contribution is -2.55. The Kier molecular flexibility index (Phi) is 4.93. The van der Waals surface area contributed by atoms with Gasteiger partial charge in [0.2, 0.25) is 0 Å². The van der Waals surface area contributed by atoms with Gasteiger partial charge in [-0.25, -0.2) is 0 Å². The number of hydrazine groups is 1. The molecule has 2 heterocycles. The normalized spacial score (nSPS) is 33.0. The molecule has 3 fully saturated rings. The molecule has 2 saturated heterocycles. The summed E-state index contributed by atoms with van der Waals surface area (Å²) in [7, 11) is 1.83. The van der Waals surface area contributed by atoms with E-state index in [1.807, 2.05) is 7.11 Å². The zero-order chi connectivity index (χ0) is 14.0. The van der Waals surface area contributed by atoms with Gasteiger partial charge in [0.15, 0.2) is 0 Å². The van der Waals surface area contributed by atoms with Gasteiger partial charge in [-0.1, -0.05) is 0 Å². The van der Waals surface area contributed by atoms with E-state index in [0.717, 1.165) is 19.4 Å². The standard InChI is InChI=1S/C15H28N2O2S/c1-18-14(11-2-3-11)13(17-16)12-4-7-19-15(10-12)5-8-20-9-6-15/h11-14,17H,2-10,16H2,1H3. The number of nitrogens with one attached hydrogen (secondary N) is 1. The molecular weight excluding hydrogens is 272 g/mol. The second-order valence-electron chi connectivity index (χ2n) is 6.63. The Morgan fingerprint density at radius 3 is 2.60 bits per heavy atom. The molecule has 3 atom stereocenters. The summed E-state index contributed by atoms with van der Waals surface area (Å²) >= 11 is 2.06. The van der Waals surface area contributed by atoms with Gasteiger partial charge in [-0.2, -0.15) is 11.8 Å². The summed E-state index contributed by atoms with van der Waals surface area (Å²) in [5, 5.41) is 0. The highest BCUT2D eigenvalue weighted by molar-refractivity contribution is 7.99. The van der Waals surface area contributed by atoms with Crippen LogP contribution in [0.3, 0.4) is 0 Å². The highest BCUT2D eigenvalue weighted by atomic mass is 32.2. The monoisotopic (exact) mass is 300 g/mol. The topological polar surface area (TPSA) is 56.5 Å². The smallest absolute Gasteiger partial charge is 0.0768 e. The SMILES string of the molecule is COC(C1CC1)C(NN)C1CCOC2(CCSCC2)C1. The van der Waals surface area contributed by atoms with Crippen molar-refractivity contribution in [3.05, 3.63) is 0 Å². The number of hydrogen-bond acceptors (Lipinski definition) is 5. The first-order chi connectivity index (χ1) is 9.78. The second kappa shape index (κ2) is 6.53. The van der Waals surface area contributed by atoms with Crippen LogP contribution in [0.1, 0.15) is 38.5 Å². The van der Waals surface area contributed by atoms with E-state index in [-0.39, 0.29) is 17.7 Å². The average Bonchev–Trinajstić information content (AvgIpc) is 3.30. The van der Waals surface area contributed by atoms with Gasteiger partial charge in [0.05, 0.1) is 17.7 Å². The van der Waals surface area contributed by atoms with Crippen LogP contribution >= 0.6 is 11.8 Å². The van der Waals surface area contributed by atoms with E-state index >= 15 is 0 Å². The van der Waals surface area contributed by atoms with Crippen molar-refractivity contribution >= 4 is 11.8 Å². The van der Waals surface area contributed by atoms with Crippen LogP contribution in [0.2, 0.25) is 0 Å². The van der Waals surface area contributed by atoms with E-state index in [9.17, 15) is 0 Å². The molecule has 1 spiro atoms. The fourth-order valence-corrected chi connectivity index (χ4v) is 5.26. The van der Waals surface area contributed by atoms with Crippen molar-refractivity contribution in [3.63, 3.8) is 0 Å². The Hall–Kier alpha value is 0.190. The number of rotatable bonds is 5. The number of methoxy groups -OCH3 is 1. The van der Waals surface area contributed by atoms with Crippen molar-refractivity contribution in [1.29, 1.82) is 0 Å². The highest BCUT2D eigenvalue weighted by Gasteiger charge is 2.45. The third-order valence-electron chi connectivity index (χ3n) is 5.35. The lowest BCUT2D eigenvalue weighted by Gasteiger charge is -2.46. The molecule has 116 valence electrons. The van der Waals surface area contributed by atoms with Crippen LogP contribution < -0.4 is 11.3 Å². The summed E-state index contributed by atoms with van der Waals surface area (Å²) in [6.45, 7) is 0.884. The van der Waals surface area contributed by atoms with Crippen molar-refractivity contribution < 1.29 is 9.47 Å². The van der Waals surface area contributed by atoms with Crippen LogP contribution in [0.25, 0.3) is 0 Å². The fraction of sp³-hybridized carbons (Fsp3) is 1.00. The van der Waals surface area contributed by atoms with Crippen LogP contribution in [0.4, 0.5) is 0 Å². The van der Waals surface area contributed by atoms with E-state index < -0.39 is 0 Å². The third-order valence-corrected chi connectivity index (χ3v) is 6.33. The van der Waals surface area contributed by atoms with Crippen molar-refractivity contribution in [2.45, 2.75) is 56.3 Å². The Labute approximate surface area is 126 Å². The fourth-order valence-electron chi connectivity index (χ4n) is 4.02. The molecule has 0 aromatic carbocycles. The summed E-state index contributed by atoms with van der Waals surface area (Å²) in [5.74, 6) is 9.66. The quantitative estimate of drug-likeness (QED) is 0.600. The maximum Gasteiger partial charge on any atom is 0.0768 e. The van der Waals surface area contributed by atoms with Crippen LogP contribution in [0, 0.1) is 11.8 Å². The molecule has 20 heavy (non-hydrogen) atoms. The van der Waals surface area contributed by atoms with Crippen molar-refractivity contribution in [1.82, 2.24) is 5.43 Å². The van der Waals surface area contributed by atoms with Crippen LogP contribution in [-0.2, 0) is 9.47 Å². The maximum absolute atomic E-state index is 6.20. The molecule has 0 radical (unpaired) electrons. The molecule has 0 bridgehead atoms. The highest BCUT2D eigenvalue weighted by Crippen LogP contribution is 2.43. The molecule has 0 amide bonds. The second-order valence-corrected chi connectivity index (χ2v) is 7.85. The average molecular weight is 300 g/mol. The number of ether oxygens (including phenoxy) is 2. The summed E-state index contributed by atoms with van der Waals surface area (Å²) in [4.78, 5) is 0. The third kappa shape index (κ3) is 3.17. The van der Waals surface area contributed by atoms with Gasteiger partial charge in [0.25, 0.3) is 0 Å². The Balaban J connectivity index is 1.67. The largest absolute Gasteiger partial charge is 0.379 e. The van der Waals surface area contributed by atoms with Gasteiger partial charge >= 0.3 is 0 Å². The summed E-state index contributed by atoms with van der Waals surface area (Å²) in [6, 6.07) is 0.280. The summed E-state index contributed by atoms with van der Waals surface area (Å²) in [5.41, 5.74) is 3.21. The molecule has 3 aliphatic rings. The number of hydrogen-bond donors (Lipinski definition) is 2. The number of nitrogens with two attached hydrogens (primary N) is 1. The van der Waals surface area contributed by atoms with Gasteiger partial charge in [0, 0.05) is 13.7 Å². The summed E-state index contributed by atoms with van der Waals surface area (Å²) in [6.07, 6.45) is 7.52. The molecule has 1 saturated carbocycles. The molecule has 2 aliphatic heterocycles. The lowest BCUT2D eigenvalue weighted by atomic mass is 9.77. The summed E-state index contributed by atoms with van der Waals surface area (Å²) < 4.78 is 12.0. The van der Waals surface area contributed by atoms with E-state index in [4.69, 9.17) is 15.3 Å². The zero-order valence-electron chi connectivity index (χ0n) is 12.5. The lowest BCUT2D eigenvalue weighted by molar-refractivity contribution is -0.116. The first kappa shape index (κ1) is 15.1. The molecule has 0 aromatic heterocycles. The van der Waals surface area contributed by atoms with Gasteiger partial charge in [-0.15, -0.1) is 0 Å². The molecule has 3 unspecified atom stereocenters. The minimum absolute atomic E-state index is 0.130. The first-order valence-corrected chi connectivity index (χ1v) is 9.14. The number of thioether (sulfide) groups is 1. The van der Waals surface area contributed by atoms with Crippen LogP contribution in [0.5, 0.6) is 0 Å². The molecule has 4 nitrogen and oxygen atoms in total. The minimum atomic E-state index is 0.130. The van der Waals surface area contributed by atoms with E-state index in [0.29, 0.717) is 11.8 Å². The Morgan fingerprint density at radius 2 is 2.00 bits per heavy atom. The Bertz CT molecular complexity index is 313. The van der Waals surface area contributed by atoms with E-state index in [1.54, 1.807) is 0 Å². The van der Waals surface area contributed by atoms with Crippen LogP contribution in [0.15, 0.2) is 0 Å². The van der Waals surface area contributed by atoms with Crippen LogP contribution in [-0.4, -0.2) is 43.0 Å². The molecular formula is C15H28N2O2S. The molecule has 1 aliphatic carbocycles. The van der Waals surface area contributed by atoms with E-state index in [2.05, 4.69) is 17.2 Å². The Morgan fingerprint density at radius 1 is 1.25 bits per heavy atom. The van der Waals surface area contributed by atoms with Gasteiger partial charge in [-0.3, -0.25) is 11.3 Å². The molecule has 3 N–H and O–H groups in total. The van der Waals surface area contributed by atoms with Crippen molar-refractivity contribution in [2.24, 2.45) is 17.7 Å². The molecule has 3 rings (SSSR count). The predicted molar refractivity (Wildman–Crippen MR) is 82.6 cm³/mol. The van der Waals surface area contributed by atoms with Crippen molar-refractivity contribution in [2.75, 3.05) is 25.2 Å². The predicted octanol–water partition coefficient (Wildman–Crippen LogP) is 1.94. The molecule has 0 aromatic rings. The van der Waals surface area contributed by atoms with E-state index in [1.165, 1.54) is 37.2 Å². The minimum Gasteiger partial charge on any atom is -0.379 e. The molecule has 5 heteroatoms. The zero-order valence-corrected chi connectivity index (χ0v) is 13.3. The van der Waals surface area contributed by atoms with Crippen molar-refractivity contribution in [3.8, 4) is 0 Å².